The molecule has 0 unspecified atom stereocenters. The summed E-state index contributed by atoms with van der Waals surface area (Å²) in [6.07, 6.45) is 1.43. The highest BCUT2D eigenvalue weighted by atomic mass is 19.4. The Labute approximate surface area is 172 Å². The molecule has 0 atom stereocenters. The molecule has 4 rings (SSSR count). The Morgan fingerprint density at radius 2 is 1.97 bits per heavy atom. The van der Waals surface area contributed by atoms with Crippen LogP contribution in [0.25, 0.3) is 22.6 Å². The number of H-pyrrole nitrogens is 1. The lowest BCUT2D eigenvalue weighted by molar-refractivity contribution is -0.137. The van der Waals surface area contributed by atoms with Crippen molar-refractivity contribution in [2.45, 2.75) is 39.3 Å². The van der Waals surface area contributed by atoms with Crippen molar-refractivity contribution in [2.75, 3.05) is 0 Å². The Kier molecular flexibility index (Phi) is 5.29. The van der Waals surface area contributed by atoms with Crippen molar-refractivity contribution in [1.29, 1.82) is 0 Å². The number of rotatable bonds is 6. The van der Waals surface area contributed by atoms with Gasteiger partial charge in [-0.3, -0.25) is 14.5 Å². The highest BCUT2D eigenvalue weighted by Gasteiger charge is 2.31. The minimum Gasteiger partial charge on any atom is -0.318 e. The van der Waals surface area contributed by atoms with E-state index in [2.05, 4.69) is 25.0 Å². The predicted molar refractivity (Wildman–Crippen MR) is 103 cm³/mol. The maximum Gasteiger partial charge on any atom is 0.417 e. The number of alkyl halides is 4. The van der Waals surface area contributed by atoms with Crippen LogP contribution < -0.4 is 5.56 Å². The van der Waals surface area contributed by atoms with Crippen LogP contribution in [-0.2, 0) is 25.9 Å². The van der Waals surface area contributed by atoms with Gasteiger partial charge in [0, 0.05) is 25.1 Å². The number of halogens is 4. The van der Waals surface area contributed by atoms with Gasteiger partial charge >= 0.3 is 6.18 Å². The van der Waals surface area contributed by atoms with E-state index in [4.69, 9.17) is 0 Å². The average molecular weight is 435 g/mol. The lowest BCUT2D eigenvalue weighted by Gasteiger charge is -2.08. The van der Waals surface area contributed by atoms with Crippen molar-refractivity contribution in [2.24, 2.45) is 0 Å². The smallest absolute Gasteiger partial charge is 0.318 e. The molecule has 1 N–H and O–H groups in total. The zero-order valence-electron chi connectivity index (χ0n) is 16.3. The summed E-state index contributed by atoms with van der Waals surface area (Å²) in [5.41, 5.74) is -0.105. The van der Waals surface area contributed by atoms with E-state index in [-0.39, 0.29) is 23.5 Å². The molecule has 31 heavy (non-hydrogen) atoms. The molecular weight excluding hydrogens is 418 g/mol. The van der Waals surface area contributed by atoms with Crippen LogP contribution in [0.4, 0.5) is 17.6 Å². The van der Waals surface area contributed by atoms with Gasteiger partial charge in [0.05, 0.1) is 23.9 Å². The molecule has 4 aromatic heterocycles. The predicted octanol–water partition coefficient (Wildman–Crippen LogP) is 3.32. The molecular formula is C19H17F4N7O. The van der Waals surface area contributed by atoms with E-state index in [9.17, 15) is 22.4 Å². The molecule has 162 valence electrons. The maximum atomic E-state index is 13.0. The van der Waals surface area contributed by atoms with Crippen molar-refractivity contribution in [3.8, 4) is 11.4 Å². The highest BCUT2D eigenvalue weighted by Crippen LogP contribution is 2.29. The molecule has 0 aliphatic carbocycles. The number of nitrogens with zero attached hydrogens (tertiary/aromatic N) is 6. The van der Waals surface area contributed by atoms with Crippen LogP contribution in [0.3, 0.4) is 0 Å². The molecule has 0 saturated carbocycles. The molecule has 0 saturated heterocycles. The normalized spacial score (nSPS) is 12.0. The summed E-state index contributed by atoms with van der Waals surface area (Å²) in [7, 11) is 0. The summed E-state index contributed by atoms with van der Waals surface area (Å²) in [4.78, 5) is 26.9. The summed E-state index contributed by atoms with van der Waals surface area (Å²) < 4.78 is 54.8. The Morgan fingerprint density at radius 3 is 2.68 bits per heavy atom. The van der Waals surface area contributed by atoms with Crippen molar-refractivity contribution >= 4 is 11.2 Å². The zero-order chi connectivity index (χ0) is 22.2. The van der Waals surface area contributed by atoms with E-state index in [1.165, 1.54) is 17.1 Å². The van der Waals surface area contributed by atoms with Gasteiger partial charge in [0.2, 0.25) is 0 Å². The number of nitrogens with one attached hydrogen (secondary N) is 1. The first-order chi connectivity index (χ1) is 14.8. The van der Waals surface area contributed by atoms with E-state index in [0.717, 1.165) is 12.3 Å². The minimum absolute atomic E-state index is 0.0652. The fourth-order valence-electron chi connectivity index (χ4n) is 3.29. The molecule has 0 bridgehead atoms. The van der Waals surface area contributed by atoms with Gasteiger partial charge < -0.3 is 9.55 Å². The van der Waals surface area contributed by atoms with Gasteiger partial charge in [0.25, 0.3) is 5.56 Å². The lowest BCUT2D eigenvalue weighted by Crippen LogP contribution is -2.15. The third-order valence-corrected chi connectivity index (χ3v) is 4.59. The molecule has 4 aromatic rings. The Hall–Kier alpha value is -3.57. The van der Waals surface area contributed by atoms with Crippen LogP contribution in [0.2, 0.25) is 0 Å². The fourth-order valence-corrected chi connectivity index (χ4v) is 3.29. The topological polar surface area (TPSA) is 94.3 Å². The van der Waals surface area contributed by atoms with Gasteiger partial charge in [0.1, 0.15) is 18.3 Å². The van der Waals surface area contributed by atoms with E-state index in [1.54, 1.807) is 10.8 Å². The molecule has 8 nitrogen and oxygen atoms in total. The number of aryl methyl sites for hydroxylation is 1. The van der Waals surface area contributed by atoms with E-state index in [1.807, 2.05) is 6.92 Å². The second-order valence-corrected chi connectivity index (χ2v) is 6.91. The quantitative estimate of drug-likeness (QED) is 0.469. The summed E-state index contributed by atoms with van der Waals surface area (Å²) in [5.74, 6) is 0.303. The molecule has 0 aliphatic rings. The summed E-state index contributed by atoms with van der Waals surface area (Å²) in [6.45, 7) is 1.53. The van der Waals surface area contributed by atoms with E-state index < -0.39 is 24.0 Å². The van der Waals surface area contributed by atoms with Crippen LogP contribution in [0.15, 0.2) is 35.6 Å². The number of aromatic amines is 1. The third kappa shape index (κ3) is 4.05. The summed E-state index contributed by atoms with van der Waals surface area (Å²) in [6, 6.07) is 1.02. The van der Waals surface area contributed by atoms with Crippen molar-refractivity contribution in [3.63, 3.8) is 0 Å². The Bertz CT molecular complexity index is 1290. The second kappa shape index (κ2) is 7.93. The molecule has 0 fully saturated rings. The monoisotopic (exact) mass is 435 g/mol. The largest absolute Gasteiger partial charge is 0.417 e. The zero-order valence-corrected chi connectivity index (χ0v) is 16.3. The van der Waals surface area contributed by atoms with E-state index >= 15 is 0 Å². The van der Waals surface area contributed by atoms with Crippen LogP contribution in [0.5, 0.6) is 0 Å². The summed E-state index contributed by atoms with van der Waals surface area (Å²) >= 11 is 0. The minimum atomic E-state index is -4.48. The Morgan fingerprint density at radius 1 is 1.16 bits per heavy atom. The van der Waals surface area contributed by atoms with Gasteiger partial charge in [0.15, 0.2) is 11.2 Å². The molecule has 12 heteroatoms. The molecule has 0 aliphatic heterocycles. The molecule has 4 heterocycles. The molecule has 0 spiro atoms. The van der Waals surface area contributed by atoms with Crippen LogP contribution in [-0.4, -0.2) is 34.3 Å². The number of aromatic nitrogens is 7. The summed E-state index contributed by atoms with van der Waals surface area (Å²) in [5, 5.41) is 4.20. The molecule has 0 aromatic carbocycles. The van der Waals surface area contributed by atoms with Gasteiger partial charge in [-0.25, -0.2) is 14.4 Å². The number of imidazole rings is 1. The highest BCUT2D eigenvalue weighted by molar-refractivity contribution is 5.76. The van der Waals surface area contributed by atoms with Crippen LogP contribution in [0.1, 0.15) is 30.3 Å². The van der Waals surface area contributed by atoms with E-state index in [0.29, 0.717) is 29.9 Å². The first-order valence-corrected chi connectivity index (χ1v) is 9.39. The van der Waals surface area contributed by atoms with Crippen molar-refractivity contribution in [3.05, 3.63) is 58.2 Å². The van der Waals surface area contributed by atoms with Gasteiger partial charge in [-0.2, -0.15) is 18.3 Å². The number of pyridine rings is 1. The first kappa shape index (κ1) is 20.7. The van der Waals surface area contributed by atoms with Gasteiger partial charge in [-0.15, -0.1) is 0 Å². The molecule has 0 radical (unpaired) electrons. The standard InChI is InChI=1S/C19H17F4N7O/c1-2-3-30-15-16(26-14(5-20)27-18(15)31)28-17(30)12-7-25-29(10-12)9-11-4-13(8-24-6-11)19(21,22)23/h4,6-8,10H,2-3,5,9H2,1H3,(H,26,27,31). The van der Waals surface area contributed by atoms with Crippen molar-refractivity contribution < 1.29 is 17.6 Å². The number of fused-ring (bicyclic) bond motifs is 1. The average Bonchev–Trinajstić information content (AvgIpc) is 3.32. The van der Waals surface area contributed by atoms with Gasteiger partial charge in [-0.1, -0.05) is 6.92 Å². The third-order valence-electron chi connectivity index (χ3n) is 4.59. The number of hydrogen-bond donors (Lipinski definition) is 1. The van der Waals surface area contributed by atoms with Gasteiger partial charge in [-0.05, 0) is 18.1 Å². The SMILES string of the molecule is CCCn1c(-c2cnn(Cc3cncc(C(F)(F)F)c3)c2)nc2nc(CF)[nH]c(=O)c21. The van der Waals surface area contributed by atoms with Crippen molar-refractivity contribution in [1.82, 2.24) is 34.3 Å². The Balaban J connectivity index is 1.71. The second-order valence-electron chi connectivity index (χ2n) is 6.91. The van der Waals surface area contributed by atoms with Crippen LogP contribution in [0, 0.1) is 0 Å². The molecule has 0 amide bonds. The lowest BCUT2D eigenvalue weighted by atomic mass is 10.2. The maximum absolute atomic E-state index is 13.0. The fraction of sp³-hybridized carbons (Fsp3) is 0.316. The number of hydrogen-bond acceptors (Lipinski definition) is 5. The first-order valence-electron chi connectivity index (χ1n) is 9.39. The van der Waals surface area contributed by atoms with Crippen LogP contribution >= 0.6 is 0 Å².